The zero-order valence-electron chi connectivity index (χ0n) is 13.4. The molecule has 0 aromatic heterocycles. The molecular weight excluding hydrogens is 372 g/mol. The summed E-state index contributed by atoms with van der Waals surface area (Å²) in [6.45, 7) is 0. The van der Waals surface area contributed by atoms with Gasteiger partial charge >= 0.3 is 0 Å². The van der Waals surface area contributed by atoms with E-state index < -0.39 is 0 Å². The van der Waals surface area contributed by atoms with Gasteiger partial charge in [-0.05, 0) is 42.0 Å². The molecule has 1 heterocycles. The average molecular weight is 384 g/mol. The Hall–Kier alpha value is -2.62. The number of hydrogen-bond acceptors (Lipinski definition) is 1. The van der Waals surface area contributed by atoms with Crippen molar-refractivity contribution in [3.05, 3.63) is 93.7 Å². The van der Waals surface area contributed by atoms with E-state index in [4.69, 9.17) is 23.2 Å². The number of anilines is 2. The first-order valence-corrected chi connectivity index (χ1v) is 8.67. The highest BCUT2D eigenvalue weighted by molar-refractivity contribution is 6.44. The van der Waals surface area contributed by atoms with Crippen molar-refractivity contribution < 1.29 is 9.18 Å². The molecule has 3 aromatic rings. The van der Waals surface area contributed by atoms with Crippen LogP contribution in [0.5, 0.6) is 0 Å². The van der Waals surface area contributed by atoms with Gasteiger partial charge in [-0.1, -0.05) is 59.6 Å². The van der Waals surface area contributed by atoms with Gasteiger partial charge in [0.1, 0.15) is 5.82 Å². The Morgan fingerprint density at radius 1 is 0.846 bits per heavy atom. The number of benzene rings is 3. The van der Waals surface area contributed by atoms with Crippen molar-refractivity contribution in [1.29, 1.82) is 0 Å². The lowest BCUT2D eigenvalue weighted by molar-refractivity contribution is -0.112. The van der Waals surface area contributed by atoms with Gasteiger partial charge in [-0.25, -0.2) is 4.39 Å². The molecule has 3 aromatic carbocycles. The lowest BCUT2D eigenvalue weighted by atomic mass is 10.0. The molecule has 0 atom stereocenters. The lowest BCUT2D eigenvalue weighted by Crippen LogP contribution is -2.21. The van der Waals surface area contributed by atoms with Crippen LogP contribution in [0.4, 0.5) is 15.8 Å². The van der Waals surface area contributed by atoms with Gasteiger partial charge in [0.2, 0.25) is 0 Å². The number of hydrogen-bond donors (Lipinski definition) is 0. The smallest absolute Gasteiger partial charge is 0.263 e. The van der Waals surface area contributed by atoms with Crippen LogP contribution in [0.25, 0.3) is 11.6 Å². The number of para-hydroxylation sites is 2. The summed E-state index contributed by atoms with van der Waals surface area (Å²) in [7, 11) is 0. The van der Waals surface area contributed by atoms with Crippen molar-refractivity contribution in [2.45, 2.75) is 0 Å². The summed E-state index contributed by atoms with van der Waals surface area (Å²) in [5, 5.41) is 0.785. The van der Waals surface area contributed by atoms with E-state index in [0.29, 0.717) is 27.0 Å². The van der Waals surface area contributed by atoms with Crippen LogP contribution in [0, 0.1) is 5.82 Å². The highest BCUT2D eigenvalue weighted by Crippen LogP contribution is 2.46. The van der Waals surface area contributed by atoms with E-state index >= 15 is 0 Å². The molecule has 1 aliphatic heterocycles. The molecule has 0 spiro atoms. The maximum Gasteiger partial charge on any atom is 0.263 e. The number of rotatable bonds is 2. The summed E-state index contributed by atoms with van der Waals surface area (Å²) >= 11 is 12.7. The Morgan fingerprint density at radius 3 is 2.19 bits per heavy atom. The molecule has 5 heteroatoms. The van der Waals surface area contributed by atoms with E-state index in [1.54, 1.807) is 36.4 Å². The molecular formula is C21H12Cl2FNO. The maximum absolute atomic E-state index is 13.2. The van der Waals surface area contributed by atoms with Crippen LogP contribution < -0.4 is 4.90 Å². The Labute approximate surface area is 160 Å². The molecule has 0 saturated heterocycles. The molecule has 26 heavy (non-hydrogen) atoms. The Bertz CT molecular complexity index is 1020. The predicted octanol–water partition coefficient (Wildman–Crippen LogP) is 6.35. The summed E-state index contributed by atoms with van der Waals surface area (Å²) in [5.74, 6) is -0.555. The third kappa shape index (κ3) is 2.79. The molecule has 0 bridgehead atoms. The Morgan fingerprint density at radius 2 is 1.50 bits per heavy atom. The SMILES string of the molecule is O=C1/C(=C/c2ccc(F)cc2)c2ccccc2N1c1c(Cl)cccc1Cl. The van der Waals surface area contributed by atoms with E-state index in [9.17, 15) is 9.18 Å². The summed E-state index contributed by atoms with van der Waals surface area (Å²) in [4.78, 5) is 14.7. The van der Waals surface area contributed by atoms with E-state index in [0.717, 1.165) is 11.1 Å². The van der Waals surface area contributed by atoms with Crippen molar-refractivity contribution >= 4 is 52.1 Å². The summed E-state index contributed by atoms with van der Waals surface area (Å²) < 4.78 is 13.2. The Balaban J connectivity index is 1.90. The monoisotopic (exact) mass is 383 g/mol. The van der Waals surface area contributed by atoms with Gasteiger partial charge in [-0.15, -0.1) is 0 Å². The number of amides is 1. The van der Waals surface area contributed by atoms with E-state index in [1.165, 1.54) is 17.0 Å². The topological polar surface area (TPSA) is 20.3 Å². The molecule has 0 fully saturated rings. The van der Waals surface area contributed by atoms with Crippen molar-refractivity contribution in [2.75, 3.05) is 4.90 Å². The fourth-order valence-corrected chi connectivity index (χ4v) is 3.60. The van der Waals surface area contributed by atoms with Gasteiger partial charge in [0, 0.05) is 5.56 Å². The molecule has 0 aliphatic carbocycles. The van der Waals surface area contributed by atoms with Crippen LogP contribution in [0.3, 0.4) is 0 Å². The van der Waals surface area contributed by atoms with Gasteiger partial charge < -0.3 is 0 Å². The summed E-state index contributed by atoms with van der Waals surface area (Å²) in [5.41, 5.74) is 3.18. The second-order valence-electron chi connectivity index (χ2n) is 5.84. The van der Waals surface area contributed by atoms with Crippen LogP contribution in [-0.2, 0) is 4.79 Å². The van der Waals surface area contributed by atoms with Crippen molar-refractivity contribution in [3.63, 3.8) is 0 Å². The molecule has 2 nitrogen and oxygen atoms in total. The van der Waals surface area contributed by atoms with Crippen molar-refractivity contribution in [2.24, 2.45) is 0 Å². The molecule has 4 rings (SSSR count). The van der Waals surface area contributed by atoms with Crippen LogP contribution in [-0.4, -0.2) is 5.91 Å². The summed E-state index contributed by atoms with van der Waals surface area (Å²) in [6.07, 6.45) is 1.74. The maximum atomic E-state index is 13.2. The van der Waals surface area contributed by atoms with Crippen LogP contribution in [0.15, 0.2) is 66.7 Å². The van der Waals surface area contributed by atoms with E-state index in [1.807, 2.05) is 24.3 Å². The van der Waals surface area contributed by atoms with Crippen LogP contribution in [0.2, 0.25) is 10.0 Å². The Kier molecular flexibility index (Phi) is 4.27. The lowest BCUT2D eigenvalue weighted by Gasteiger charge is -2.20. The second kappa shape index (κ2) is 6.60. The standard InChI is InChI=1S/C21H12Cl2FNO/c22-17-5-3-6-18(23)20(17)25-19-7-2-1-4-15(19)16(21(25)26)12-13-8-10-14(24)11-9-13/h1-12H/b16-12+. The van der Waals surface area contributed by atoms with E-state index in [2.05, 4.69) is 0 Å². The van der Waals surface area contributed by atoms with Gasteiger partial charge in [-0.3, -0.25) is 9.69 Å². The molecule has 128 valence electrons. The van der Waals surface area contributed by atoms with Gasteiger partial charge in [-0.2, -0.15) is 0 Å². The zero-order chi connectivity index (χ0) is 18.3. The quantitative estimate of drug-likeness (QED) is 0.472. The normalized spacial score (nSPS) is 14.8. The number of carbonyl (C=O) groups excluding carboxylic acids is 1. The first-order valence-electron chi connectivity index (χ1n) is 7.91. The fraction of sp³-hybridized carbons (Fsp3) is 0. The van der Waals surface area contributed by atoms with Crippen molar-refractivity contribution in [1.82, 2.24) is 0 Å². The molecule has 1 amide bonds. The number of nitrogens with zero attached hydrogens (tertiary/aromatic N) is 1. The zero-order valence-corrected chi connectivity index (χ0v) is 14.9. The highest BCUT2D eigenvalue weighted by atomic mass is 35.5. The molecule has 0 N–H and O–H groups in total. The minimum atomic E-state index is -0.324. The first-order chi connectivity index (χ1) is 12.6. The minimum absolute atomic E-state index is 0.231. The van der Waals surface area contributed by atoms with Crippen LogP contribution in [0.1, 0.15) is 11.1 Å². The third-order valence-electron chi connectivity index (χ3n) is 4.21. The third-order valence-corrected chi connectivity index (χ3v) is 4.82. The number of fused-ring (bicyclic) bond motifs is 1. The molecule has 0 radical (unpaired) electrons. The first kappa shape index (κ1) is 16.8. The molecule has 0 saturated carbocycles. The highest BCUT2D eigenvalue weighted by Gasteiger charge is 2.35. The second-order valence-corrected chi connectivity index (χ2v) is 6.65. The summed E-state index contributed by atoms with van der Waals surface area (Å²) in [6, 6.07) is 18.5. The largest absolute Gasteiger partial charge is 0.273 e. The fourth-order valence-electron chi connectivity index (χ4n) is 3.03. The molecule has 0 unspecified atom stereocenters. The van der Waals surface area contributed by atoms with Gasteiger partial charge in [0.05, 0.1) is 27.0 Å². The minimum Gasteiger partial charge on any atom is -0.273 e. The predicted molar refractivity (Wildman–Crippen MR) is 104 cm³/mol. The van der Waals surface area contributed by atoms with Gasteiger partial charge in [0.15, 0.2) is 0 Å². The van der Waals surface area contributed by atoms with Gasteiger partial charge in [0.25, 0.3) is 5.91 Å². The van der Waals surface area contributed by atoms with Crippen LogP contribution >= 0.6 is 23.2 Å². The van der Waals surface area contributed by atoms with Crippen molar-refractivity contribution in [3.8, 4) is 0 Å². The van der Waals surface area contributed by atoms with E-state index in [-0.39, 0.29) is 11.7 Å². The number of carbonyl (C=O) groups is 1. The molecule has 1 aliphatic rings. The number of halogens is 3. The average Bonchev–Trinajstić information content (AvgIpc) is 2.90.